The smallest absolute Gasteiger partial charge is 0.261 e. The maximum Gasteiger partial charge on any atom is 0.261 e. The van der Waals surface area contributed by atoms with Gasteiger partial charge < -0.3 is 4.43 Å². The van der Waals surface area contributed by atoms with Crippen LogP contribution in [0.5, 0.6) is 0 Å². The first-order chi connectivity index (χ1) is 17.5. The molecule has 5 rings (SSSR count). The molecule has 36 heavy (non-hydrogen) atoms. The van der Waals surface area contributed by atoms with Gasteiger partial charge in [0, 0.05) is 6.61 Å². The second kappa shape index (κ2) is 11.6. The molecule has 2 heterocycles. The first-order valence-corrected chi connectivity index (χ1v) is 17.1. The molecule has 0 atom stereocenters. The molecule has 194 valence electrons. The van der Waals surface area contributed by atoms with Crippen LogP contribution in [0.2, 0.25) is 23.0 Å². The lowest BCUT2D eigenvalue weighted by Gasteiger charge is -2.44. The first kappa shape index (κ1) is 26.3. The van der Waals surface area contributed by atoms with E-state index in [9.17, 15) is 0 Å². The van der Waals surface area contributed by atoms with Gasteiger partial charge in [-0.25, -0.2) is 0 Å². The lowest BCUT2D eigenvalue weighted by Crippen LogP contribution is -2.66. The molecule has 0 aromatic heterocycles. The molecule has 2 saturated heterocycles. The fourth-order valence-corrected chi connectivity index (χ4v) is 13.0. The Kier molecular flexibility index (Phi) is 8.48. The third kappa shape index (κ3) is 5.58. The van der Waals surface area contributed by atoms with Crippen molar-refractivity contribution < 1.29 is 4.43 Å². The van der Waals surface area contributed by atoms with E-state index in [4.69, 9.17) is 4.43 Å². The van der Waals surface area contributed by atoms with Gasteiger partial charge in [-0.05, 0) is 40.1 Å². The predicted octanol–water partition coefficient (Wildman–Crippen LogP) is 8.36. The Balaban J connectivity index is 1.21. The van der Waals surface area contributed by atoms with Gasteiger partial charge in [-0.1, -0.05) is 157 Å². The number of rotatable bonds is 8. The van der Waals surface area contributed by atoms with E-state index in [0.29, 0.717) is 0 Å². The Labute approximate surface area is 223 Å². The zero-order valence-electron chi connectivity index (χ0n) is 23.3. The highest BCUT2D eigenvalue weighted by Crippen LogP contribution is 2.49. The van der Waals surface area contributed by atoms with E-state index in [0.717, 1.165) is 36.8 Å². The summed E-state index contributed by atoms with van der Waals surface area (Å²) in [7, 11) is -2.40. The Hall–Kier alpha value is -1.32. The number of hydrogen-bond donors (Lipinski definition) is 0. The zero-order valence-corrected chi connectivity index (χ0v) is 24.3. The van der Waals surface area contributed by atoms with E-state index in [1.807, 2.05) is 0 Å². The first-order valence-electron chi connectivity index (χ1n) is 15.2. The van der Waals surface area contributed by atoms with Crippen molar-refractivity contribution in [2.45, 2.75) is 114 Å². The lowest BCUT2D eigenvalue weighted by atomic mass is 9.25. The molecular formula is C33H49BOSi. The van der Waals surface area contributed by atoms with Crippen molar-refractivity contribution in [3.05, 3.63) is 60.7 Å². The fourth-order valence-electron chi connectivity index (χ4n) is 8.41. The van der Waals surface area contributed by atoms with E-state index >= 15 is 0 Å². The topological polar surface area (TPSA) is 9.23 Å². The van der Waals surface area contributed by atoms with E-state index in [2.05, 4.69) is 81.4 Å². The third-order valence-corrected chi connectivity index (χ3v) is 15.3. The minimum atomic E-state index is -2.40. The SMILES string of the molecule is CC(C)(C)[Si](OC[C@H]1CC[C@@H](CCB2C3CCCC2CCC3)CC1)(c1ccccc1)c1ccccc1. The fraction of sp³-hybridized carbons (Fsp3) is 0.636. The summed E-state index contributed by atoms with van der Waals surface area (Å²) in [5.41, 5.74) is 0. The molecule has 2 bridgehead atoms. The maximum atomic E-state index is 7.29. The van der Waals surface area contributed by atoms with Crippen LogP contribution in [-0.2, 0) is 4.43 Å². The summed E-state index contributed by atoms with van der Waals surface area (Å²) in [6.07, 6.45) is 17.8. The van der Waals surface area contributed by atoms with Crippen LogP contribution in [0.1, 0.15) is 91.4 Å². The number of hydrogen-bond acceptors (Lipinski definition) is 1. The molecule has 0 spiro atoms. The normalized spacial score (nSPS) is 27.1. The molecule has 0 amide bonds. The molecule has 0 N–H and O–H groups in total. The van der Waals surface area contributed by atoms with Crippen molar-refractivity contribution in [3.63, 3.8) is 0 Å². The zero-order chi connectivity index (χ0) is 25.0. The monoisotopic (exact) mass is 500 g/mol. The summed E-state index contributed by atoms with van der Waals surface area (Å²) in [6.45, 7) is 9.19. The summed E-state index contributed by atoms with van der Waals surface area (Å²) in [6, 6.07) is 22.3. The van der Waals surface area contributed by atoms with Gasteiger partial charge >= 0.3 is 0 Å². The highest BCUT2D eigenvalue weighted by molar-refractivity contribution is 6.99. The van der Waals surface area contributed by atoms with Gasteiger partial charge in [0.25, 0.3) is 8.32 Å². The molecular weight excluding hydrogens is 451 g/mol. The van der Waals surface area contributed by atoms with Crippen LogP contribution in [-0.4, -0.2) is 21.6 Å². The quantitative estimate of drug-likeness (QED) is 0.331. The van der Waals surface area contributed by atoms with Gasteiger partial charge in [0.2, 0.25) is 0 Å². The molecule has 2 aromatic rings. The van der Waals surface area contributed by atoms with Gasteiger partial charge in [0.1, 0.15) is 6.71 Å². The van der Waals surface area contributed by atoms with Gasteiger partial charge in [-0.3, -0.25) is 0 Å². The van der Waals surface area contributed by atoms with Gasteiger partial charge in [-0.2, -0.15) is 0 Å². The standard InChI is InChI=1S/C33H49BOSi/c1-33(2,3)36(31-16-6-4-7-17-31,32-18-8-5-9-19-32)35-26-28-22-20-27(21-23-28)24-25-34-29-12-10-13-30(34)15-11-14-29/h4-9,16-19,27-30H,10-15,20-26H2,1-3H3/t27-,28+,29?,30?. The van der Waals surface area contributed by atoms with Crippen LogP contribution < -0.4 is 10.4 Å². The molecule has 3 fully saturated rings. The maximum absolute atomic E-state index is 7.29. The van der Waals surface area contributed by atoms with Crippen LogP contribution in [0.3, 0.4) is 0 Å². The summed E-state index contributed by atoms with van der Waals surface area (Å²) >= 11 is 0. The highest BCUT2D eigenvalue weighted by atomic mass is 28.4. The van der Waals surface area contributed by atoms with Crippen LogP contribution in [0.4, 0.5) is 0 Å². The molecule has 0 unspecified atom stereocenters. The van der Waals surface area contributed by atoms with Crippen molar-refractivity contribution in [1.82, 2.24) is 0 Å². The van der Waals surface area contributed by atoms with Crippen molar-refractivity contribution in [2.24, 2.45) is 11.8 Å². The van der Waals surface area contributed by atoms with E-state index < -0.39 is 8.32 Å². The van der Waals surface area contributed by atoms with E-state index in [-0.39, 0.29) is 5.04 Å². The molecule has 3 aliphatic rings. The average molecular weight is 501 g/mol. The van der Waals surface area contributed by atoms with Crippen LogP contribution in [0.15, 0.2) is 60.7 Å². The van der Waals surface area contributed by atoms with Crippen LogP contribution in [0, 0.1) is 11.8 Å². The molecule has 2 aromatic carbocycles. The molecule has 2 aliphatic heterocycles. The minimum absolute atomic E-state index is 0.0744. The summed E-state index contributed by atoms with van der Waals surface area (Å²) in [4.78, 5) is 0. The minimum Gasteiger partial charge on any atom is -0.407 e. The predicted molar refractivity (Wildman–Crippen MR) is 159 cm³/mol. The van der Waals surface area contributed by atoms with Gasteiger partial charge in [0.05, 0.1) is 0 Å². The molecule has 1 aliphatic carbocycles. The summed E-state index contributed by atoms with van der Waals surface area (Å²) < 4.78 is 7.29. The largest absolute Gasteiger partial charge is 0.407 e. The molecule has 0 radical (unpaired) electrons. The Morgan fingerprint density at radius 2 is 1.17 bits per heavy atom. The number of benzene rings is 2. The lowest BCUT2D eigenvalue weighted by molar-refractivity contribution is 0.173. The van der Waals surface area contributed by atoms with E-state index in [1.54, 1.807) is 0 Å². The molecule has 1 nitrogen and oxygen atoms in total. The van der Waals surface area contributed by atoms with E-state index in [1.165, 1.54) is 87.3 Å². The third-order valence-electron chi connectivity index (χ3n) is 10.3. The second-order valence-corrected chi connectivity index (χ2v) is 17.8. The molecule has 1 saturated carbocycles. The van der Waals surface area contributed by atoms with Crippen LogP contribution in [0.25, 0.3) is 0 Å². The Morgan fingerprint density at radius 1 is 0.694 bits per heavy atom. The summed E-state index contributed by atoms with van der Waals surface area (Å²) in [5, 5.41) is 2.90. The van der Waals surface area contributed by atoms with Crippen molar-refractivity contribution in [3.8, 4) is 0 Å². The van der Waals surface area contributed by atoms with Gasteiger partial charge in [0.15, 0.2) is 0 Å². The summed E-state index contributed by atoms with van der Waals surface area (Å²) in [5.74, 6) is 3.84. The molecule has 3 heteroatoms. The highest BCUT2D eigenvalue weighted by Gasteiger charge is 2.50. The number of fused-ring (bicyclic) bond motifs is 2. The van der Waals surface area contributed by atoms with Crippen molar-refractivity contribution >= 4 is 25.4 Å². The second-order valence-electron chi connectivity index (χ2n) is 13.5. The Bertz CT molecular complexity index is 870. The van der Waals surface area contributed by atoms with Gasteiger partial charge in [-0.15, -0.1) is 0 Å². The Morgan fingerprint density at radius 3 is 1.64 bits per heavy atom. The average Bonchev–Trinajstić information content (AvgIpc) is 2.89. The van der Waals surface area contributed by atoms with Crippen LogP contribution >= 0.6 is 0 Å². The van der Waals surface area contributed by atoms with Crippen molar-refractivity contribution in [1.29, 1.82) is 0 Å². The van der Waals surface area contributed by atoms with Crippen molar-refractivity contribution in [2.75, 3.05) is 6.61 Å².